The van der Waals surface area contributed by atoms with Crippen molar-refractivity contribution in [2.75, 3.05) is 26.7 Å². The van der Waals surface area contributed by atoms with Crippen LogP contribution >= 0.6 is 0 Å². The average molecular weight is 394 g/mol. The molecule has 2 amide bonds. The number of unbranched alkanes of at least 4 members (excludes halogenated alkanes) is 1. The molecule has 2 aromatic carbocycles. The van der Waals surface area contributed by atoms with Gasteiger partial charge in [0.2, 0.25) is 11.8 Å². The number of hydrogen-bond donors (Lipinski definition) is 1. The maximum Gasteiger partial charge on any atom is 0.237 e. The second-order valence-electron chi connectivity index (χ2n) is 7.71. The number of carbonyl (C=O) groups is 2. The topological polar surface area (TPSA) is 52.7 Å². The van der Waals surface area contributed by atoms with Gasteiger partial charge in [0, 0.05) is 33.2 Å². The van der Waals surface area contributed by atoms with Crippen molar-refractivity contribution in [2.45, 2.75) is 38.8 Å². The number of hydrogen-bond acceptors (Lipinski definition) is 3. The van der Waals surface area contributed by atoms with Gasteiger partial charge in [-0.3, -0.25) is 14.5 Å². The van der Waals surface area contributed by atoms with Gasteiger partial charge in [-0.1, -0.05) is 67.9 Å². The molecule has 1 fully saturated rings. The van der Waals surface area contributed by atoms with Crippen molar-refractivity contribution in [2.24, 2.45) is 0 Å². The Hall–Kier alpha value is -2.66. The molecular formula is C24H31N3O2. The minimum absolute atomic E-state index is 0.0323. The SMILES string of the molecule is CCCCN(C)C(=O)C[C@@H]1C(=O)NCCN1Cc1ccc(-c2ccccc2)cc1. The van der Waals surface area contributed by atoms with Crippen LogP contribution in [-0.2, 0) is 16.1 Å². The van der Waals surface area contributed by atoms with Gasteiger partial charge >= 0.3 is 0 Å². The van der Waals surface area contributed by atoms with Crippen molar-refractivity contribution in [3.8, 4) is 11.1 Å². The summed E-state index contributed by atoms with van der Waals surface area (Å²) >= 11 is 0. The fourth-order valence-electron chi connectivity index (χ4n) is 3.68. The molecule has 1 heterocycles. The lowest BCUT2D eigenvalue weighted by molar-refractivity contribution is -0.138. The summed E-state index contributed by atoms with van der Waals surface area (Å²) in [5.74, 6) is -0.0145. The number of carbonyl (C=O) groups excluding carboxylic acids is 2. The molecule has 0 bridgehead atoms. The molecule has 0 radical (unpaired) electrons. The van der Waals surface area contributed by atoms with Crippen molar-refractivity contribution in [3.05, 3.63) is 60.2 Å². The Morgan fingerprint density at radius 2 is 1.79 bits per heavy atom. The van der Waals surface area contributed by atoms with Gasteiger partial charge < -0.3 is 10.2 Å². The lowest BCUT2D eigenvalue weighted by atomic mass is 10.0. The summed E-state index contributed by atoms with van der Waals surface area (Å²) in [5, 5.41) is 2.91. The molecule has 1 aliphatic rings. The smallest absolute Gasteiger partial charge is 0.237 e. The van der Waals surface area contributed by atoms with E-state index in [0.717, 1.165) is 31.5 Å². The highest BCUT2D eigenvalue weighted by molar-refractivity contribution is 5.88. The zero-order valence-electron chi connectivity index (χ0n) is 17.4. The highest BCUT2D eigenvalue weighted by Gasteiger charge is 2.32. The number of benzene rings is 2. The molecule has 1 atom stereocenters. The molecule has 0 saturated carbocycles. The summed E-state index contributed by atoms with van der Waals surface area (Å²) in [4.78, 5) is 28.9. The van der Waals surface area contributed by atoms with E-state index in [2.05, 4.69) is 53.5 Å². The van der Waals surface area contributed by atoms with Crippen LogP contribution in [0.1, 0.15) is 31.7 Å². The second kappa shape index (κ2) is 10.2. The van der Waals surface area contributed by atoms with E-state index in [9.17, 15) is 9.59 Å². The van der Waals surface area contributed by atoms with Crippen LogP contribution in [0.5, 0.6) is 0 Å². The molecular weight excluding hydrogens is 362 g/mol. The Morgan fingerprint density at radius 1 is 1.10 bits per heavy atom. The van der Waals surface area contributed by atoms with E-state index >= 15 is 0 Å². The molecule has 0 aromatic heterocycles. The van der Waals surface area contributed by atoms with Crippen molar-refractivity contribution >= 4 is 11.8 Å². The molecule has 5 heteroatoms. The second-order valence-corrected chi connectivity index (χ2v) is 7.71. The number of rotatable bonds is 8. The van der Waals surface area contributed by atoms with Crippen molar-refractivity contribution in [1.82, 2.24) is 15.1 Å². The van der Waals surface area contributed by atoms with Gasteiger partial charge in [0.15, 0.2) is 0 Å². The van der Waals surface area contributed by atoms with E-state index < -0.39 is 6.04 Å². The Bertz CT molecular complexity index is 805. The molecule has 154 valence electrons. The third-order valence-electron chi connectivity index (χ3n) is 5.53. The van der Waals surface area contributed by atoms with Crippen LogP contribution in [0.2, 0.25) is 0 Å². The van der Waals surface area contributed by atoms with Crippen molar-refractivity contribution in [1.29, 1.82) is 0 Å². The van der Waals surface area contributed by atoms with Crippen molar-refractivity contribution in [3.63, 3.8) is 0 Å². The number of piperazine rings is 1. The van der Waals surface area contributed by atoms with E-state index in [1.165, 1.54) is 11.1 Å². The third-order valence-corrected chi connectivity index (χ3v) is 5.53. The predicted octanol–water partition coefficient (Wildman–Crippen LogP) is 3.30. The minimum atomic E-state index is -0.408. The standard InChI is InChI=1S/C24H31N3O2/c1-3-4-15-26(2)23(28)17-22-24(29)25-14-16-27(22)18-19-10-12-21(13-11-19)20-8-6-5-7-9-20/h5-13,22H,3-4,14-18H2,1-2H3,(H,25,29)/t22-/m1/s1. The minimum Gasteiger partial charge on any atom is -0.353 e. The zero-order chi connectivity index (χ0) is 20.6. The largest absolute Gasteiger partial charge is 0.353 e. The third kappa shape index (κ3) is 5.67. The van der Waals surface area contributed by atoms with Crippen LogP contribution in [-0.4, -0.2) is 54.3 Å². The fraction of sp³-hybridized carbons (Fsp3) is 0.417. The number of nitrogens with one attached hydrogen (secondary N) is 1. The summed E-state index contributed by atoms with van der Waals surface area (Å²) in [6.07, 6.45) is 2.26. The van der Waals surface area contributed by atoms with Crippen LogP contribution in [0.4, 0.5) is 0 Å². The molecule has 0 spiro atoms. The van der Waals surface area contributed by atoms with Gasteiger partial charge in [0.25, 0.3) is 0 Å². The Morgan fingerprint density at radius 3 is 2.48 bits per heavy atom. The van der Waals surface area contributed by atoms with Gasteiger partial charge in [0.05, 0.1) is 12.5 Å². The van der Waals surface area contributed by atoms with Gasteiger partial charge in [-0.25, -0.2) is 0 Å². The molecule has 1 N–H and O–H groups in total. The maximum atomic E-state index is 12.6. The first-order valence-electron chi connectivity index (χ1n) is 10.5. The van der Waals surface area contributed by atoms with Gasteiger partial charge in [-0.15, -0.1) is 0 Å². The maximum absolute atomic E-state index is 12.6. The average Bonchev–Trinajstić information content (AvgIpc) is 2.75. The van der Waals surface area contributed by atoms with E-state index in [0.29, 0.717) is 13.1 Å². The van der Waals surface area contributed by atoms with Crippen LogP contribution in [0, 0.1) is 0 Å². The van der Waals surface area contributed by atoms with Crippen LogP contribution < -0.4 is 5.32 Å². The van der Waals surface area contributed by atoms with Crippen molar-refractivity contribution < 1.29 is 9.59 Å². The molecule has 0 aliphatic carbocycles. The van der Waals surface area contributed by atoms with E-state index in [1.807, 2.05) is 25.2 Å². The fourth-order valence-corrected chi connectivity index (χ4v) is 3.68. The van der Waals surface area contributed by atoms with Crippen LogP contribution in [0.15, 0.2) is 54.6 Å². The highest BCUT2D eigenvalue weighted by Crippen LogP contribution is 2.21. The summed E-state index contributed by atoms with van der Waals surface area (Å²) in [5.41, 5.74) is 3.51. The summed E-state index contributed by atoms with van der Waals surface area (Å²) < 4.78 is 0. The lowest BCUT2D eigenvalue weighted by Crippen LogP contribution is -2.56. The highest BCUT2D eigenvalue weighted by atomic mass is 16.2. The Kier molecular flexibility index (Phi) is 7.42. The molecule has 5 nitrogen and oxygen atoms in total. The van der Waals surface area contributed by atoms with Gasteiger partial charge in [-0.2, -0.15) is 0 Å². The van der Waals surface area contributed by atoms with Gasteiger partial charge in [0.1, 0.15) is 0 Å². The molecule has 0 unspecified atom stereocenters. The van der Waals surface area contributed by atoms with E-state index in [-0.39, 0.29) is 18.2 Å². The normalized spacial score (nSPS) is 17.0. The van der Waals surface area contributed by atoms with Crippen LogP contribution in [0.25, 0.3) is 11.1 Å². The Labute approximate surface area is 173 Å². The number of amides is 2. The molecule has 1 saturated heterocycles. The first-order valence-corrected chi connectivity index (χ1v) is 10.5. The zero-order valence-corrected chi connectivity index (χ0v) is 17.4. The first-order chi connectivity index (χ1) is 14.1. The number of nitrogens with zero attached hydrogens (tertiary/aromatic N) is 2. The Balaban J connectivity index is 1.66. The summed E-state index contributed by atoms with van der Waals surface area (Å²) in [6.45, 7) is 4.89. The molecule has 2 aromatic rings. The van der Waals surface area contributed by atoms with Crippen LogP contribution in [0.3, 0.4) is 0 Å². The lowest BCUT2D eigenvalue weighted by Gasteiger charge is -2.35. The van der Waals surface area contributed by atoms with Gasteiger partial charge in [-0.05, 0) is 23.1 Å². The van der Waals surface area contributed by atoms with E-state index in [4.69, 9.17) is 0 Å². The quantitative estimate of drug-likeness (QED) is 0.749. The molecule has 29 heavy (non-hydrogen) atoms. The predicted molar refractivity (Wildman–Crippen MR) is 116 cm³/mol. The summed E-state index contributed by atoms with van der Waals surface area (Å²) in [7, 11) is 1.82. The monoisotopic (exact) mass is 393 g/mol. The van der Waals surface area contributed by atoms with E-state index in [1.54, 1.807) is 4.90 Å². The molecule has 1 aliphatic heterocycles. The molecule has 3 rings (SSSR count). The first kappa shape index (κ1) is 21.1. The summed E-state index contributed by atoms with van der Waals surface area (Å²) in [6, 6.07) is 18.3.